The number of nitrogens with zero attached hydrogens (tertiary/aromatic N) is 1. The highest BCUT2D eigenvalue weighted by molar-refractivity contribution is 5.85. The van der Waals surface area contributed by atoms with Crippen LogP contribution in [0.4, 0.5) is 4.39 Å². The van der Waals surface area contributed by atoms with Gasteiger partial charge in [-0.2, -0.15) is 0 Å². The van der Waals surface area contributed by atoms with Crippen LogP contribution in [-0.4, -0.2) is 31.1 Å². The predicted molar refractivity (Wildman–Crippen MR) is 87.5 cm³/mol. The maximum atomic E-state index is 13.7. The smallest absolute Gasteiger partial charge is 0.123 e. The molecule has 118 valence electrons. The molecule has 1 N–H and O–H groups in total. The molecule has 0 spiro atoms. The van der Waals surface area contributed by atoms with Crippen LogP contribution in [-0.2, 0) is 0 Å². The summed E-state index contributed by atoms with van der Waals surface area (Å²) in [6, 6.07) is 5.72. The first-order chi connectivity index (χ1) is 9.75. The lowest BCUT2D eigenvalue weighted by Gasteiger charge is -2.39. The van der Waals surface area contributed by atoms with Gasteiger partial charge in [0.2, 0.25) is 0 Å². The van der Waals surface area contributed by atoms with Crippen molar-refractivity contribution in [3.05, 3.63) is 35.1 Å². The minimum atomic E-state index is -0.0938. The third-order valence-electron chi connectivity index (χ3n) is 4.95. The molecule has 21 heavy (non-hydrogen) atoms. The van der Waals surface area contributed by atoms with Crippen LogP contribution in [0.5, 0.6) is 0 Å². The Balaban J connectivity index is 0.00000161. The highest BCUT2D eigenvalue weighted by atomic mass is 35.5. The fourth-order valence-corrected chi connectivity index (χ4v) is 3.91. The summed E-state index contributed by atoms with van der Waals surface area (Å²) in [5, 5.41) is 3.42. The summed E-state index contributed by atoms with van der Waals surface area (Å²) in [6.45, 7) is 6.39. The first kappa shape index (κ1) is 16.7. The van der Waals surface area contributed by atoms with E-state index in [2.05, 4.69) is 17.1 Å². The minimum Gasteiger partial charge on any atom is -0.314 e. The molecule has 3 rings (SSSR count). The number of rotatable bonds is 3. The van der Waals surface area contributed by atoms with Gasteiger partial charge < -0.3 is 5.32 Å². The fourth-order valence-electron chi connectivity index (χ4n) is 3.91. The molecule has 1 atom stereocenters. The van der Waals surface area contributed by atoms with E-state index >= 15 is 0 Å². The molecular formula is C17H26ClFN2. The van der Waals surface area contributed by atoms with Crippen LogP contribution in [0, 0.1) is 18.7 Å². The SMILES string of the molecule is Cc1ccc(F)cc1[C@H](C1CCCC1)N1CCNCC1.Cl. The average Bonchev–Trinajstić information content (AvgIpc) is 2.98. The Morgan fingerprint density at radius 1 is 1.19 bits per heavy atom. The third kappa shape index (κ3) is 3.77. The van der Waals surface area contributed by atoms with E-state index in [4.69, 9.17) is 0 Å². The van der Waals surface area contributed by atoms with Crippen molar-refractivity contribution in [3.63, 3.8) is 0 Å². The summed E-state index contributed by atoms with van der Waals surface area (Å²) in [4.78, 5) is 2.58. The highest BCUT2D eigenvalue weighted by Gasteiger charge is 2.32. The molecule has 0 amide bonds. The van der Waals surface area contributed by atoms with Gasteiger partial charge in [-0.1, -0.05) is 18.9 Å². The van der Waals surface area contributed by atoms with Crippen LogP contribution >= 0.6 is 12.4 Å². The molecule has 2 fully saturated rings. The molecule has 2 nitrogen and oxygen atoms in total. The van der Waals surface area contributed by atoms with E-state index in [9.17, 15) is 4.39 Å². The number of hydrogen-bond donors (Lipinski definition) is 1. The van der Waals surface area contributed by atoms with Crippen molar-refractivity contribution < 1.29 is 4.39 Å². The normalized spacial score (nSPS) is 22.0. The molecular weight excluding hydrogens is 287 g/mol. The molecule has 1 saturated carbocycles. The van der Waals surface area contributed by atoms with Gasteiger partial charge in [0.15, 0.2) is 0 Å². The van der Waals surface area contributed by atoms with E-state index in [1.54, 1.807) is 12.1 Å². The van der Waals surface area contributed by atoms with Crippen molar-refractivity contribution in [1.29, 1.82) is 0 Å². The quantitative estimate of drug-likeness (QED) is 0.915. The van der Waals surface area contributed by atoms with Crippen LogP contribution in [0.2, 0.25) is 0 Å². The second-order valence-corrected chi connectivity index (χ2v) is 6.28. The molecule has 2 aliphatic rings. The van der Waals surface area contributed by atoms with Gasteiger partial charge in [0.25, 0.3) is 0 Å². The molecule has 4 heteroatoms. The lowest BCUT2D eigenvalue weighted by atomic mass is 9.87. The van der Waals surface area contributed by atoms with Gasteiger partial charge in [-0.3, -0.25) is 4.90 Å². The molecule has 1 aliphatic carbocycles. The van der Waals surface area contributed by atoms with E-state index in [0.29, 0.717) is 12.0 Å². The fraction of sp³-hybridized carbons (Fsp3) is 0.647. The van der Waals surface area contributed by atoms with Crippen LogP contribution in [0.25, 0.3) is 0 Å². The molecule has 1 aliphatic heterocycles. The number of aryl methyl sites for hydroxylation is 1. The number of nitrogens with one attached hydrogen (secondary N) is 1. The summed E-state index contributed by atoms with van der Waals surface area (Å²) in [5.41, 5.74) is 2.46. The molecule has 1 saturated heterocycles. The average molecular weight is 313 g/mol. The zero-order valence-electron chi connectivity index (χ0n) is 12.8. The topological polar surface area (TPSA) is 15.3 Å². The maximum Gasteiger partial charge on any atom is 0.123 e. The van der Waals surface area contributed by atoms with Gasteiger partial charge in [-0.15, -0.1) is 12.4 Å². The van der Waals surface area contributed by atoms with Crippen molar-refractivity contribution in [2.45, 2.75) is 38.6 Å². The molecule has 1 aromatic rings. The van der Waals surface area contributed by atoms with Crippen molar-refractivity contribution in [1.82, 2.24) is 10.2 Å². The second-order valence-electron chi connectivity index (χ2n) is 6.28. The van der Waals surface area contributed by atoms with E-state index in [0.717, 1.165) is 26.2 Å². The summed E-state index contributed by atoms with van der Waals surface area (Å²) >= 11 is 0. The molecule has 1 heterocycles. The van der Waals surface area contributed by atoms with E-state index in [-0.39, 0.29) is 18.2 Å². The Kier molecular flexibility index (Phi) is 6.03. The number of piperazine rings is 1. The molecule has 1 aromatic carbocycles. The van der Waals surface area contributed by atoms with Crippen LogP contribution in [0.15, 0.2) is 18.2 Å². The third-order valence-corrected chi connectivity index (χ3v) is 4.95. The lowest BCUT2D eigenvalue weighted by molar-refractivity contribution is 0.125. The predicted octanol–water partition coefficient (Wildman–Crippen LogP) is 3.69. The molecule has 0 bridgehead atoms. The van der Waals surface area contributed by atoms with Gasteiger partial charge in [0.1, 0.15) is 5.82 Å². The zero-order chi connectivity index (χ0) is 13.9. The number of halogens is 2. The minimum absolute atomic E-state index is 0. The molecule has 0 radical (unpaired) electrons. The second kappa shape index (κ2) is 7.57. The summed E-state index contributed by atoms with van der Waals surface area (Å²) in [6.07, 6.45) is 5.26. The van der Waals surface area contributed by atoms with Crippen molar-refractivity contribution in [3.8, 4) is 0 Å². The summed E-state index contributed by atoms with van der Waals surface area (Å²) < 4.78 is 13.7. The monoisotopic (exact) mass is 312 g/mol. The summed E-state index contributed by atoms with van der Waals surface area (Å²) in [5.74, 6) is 0.609. The van der Waals surface area contributed by atoms with Gasteiger partial charge in [-0.25, -0.2) is 4.39 Å². The van der Waals surface area contributed by atoms with E-state index < -0.39 is 0 Å². The Bertz CT molecular complexity index is 454. The molecule has 0 unspecified atom stereocenters. The lowest BCUT2D eigenvalue weighted by Crippen LogP contribution is -2.46. The standard InChI is InChI=1S/C17H25FN2.ClH/c1-13-6-7-15(18)12-16(13)17(14-4-2-3-5-14)20-10-8-19-9-11-20;/h6-7,12,14,17,19H,2-5,8-11H2,1H3;1H/t17-;/m0./s1. The van der Waals surface area contributed by atoms with Crippen LogP contribution in [0.1, 0.15) is 42.9 Å². The van der Waals surface area contributed by atoms with Crippen LogP contribution in [0.3, 0.4) is 0 Å². The first-order valence-electron chi connectivity index (χ1n) is 7.96. The Morgan fingerprint density at radius 3 is 2.52 bits per heavy atom. The summed E-state index contributed by atoms with van der Waals surface area (Å²) in [7, 11) is 0. The Hall–Kier alpha value is -0.640. The van der Waals surface area contributed by atoms with E-state index in [1.165, 1.54) is 36.8 Å². The Morgan fingerprint density at radius 2 is 1.86 bits per heavy atom. The van der Waals surface area contributed by atoms with Crippen molar-refractivity contribution in [2.24, 2.45) is 5.92 Å². The van der Waals surface area contributed by atoms with Gasteiger partial charge in [-0.05, 0) is 48.9 Å². The molecule has 0 aromatic heterocycles. The van der Waals surface area contributed by atoms with Gasteiger partial charge in [0, 0.05) is 32.2 Å². The first-order valence-corrected chi connectivity index (χ1v) is 7.96. The van der Waals surface area contributed by atoms with Gasteiger partial charge in [0.05, 0.1) is 0 Å². The van der Waals surface area contributed by atoms with Crippen LogP contribution < -0.4 is 5.32 Å². The van der Waals surface area contributed by atoms with E-state index in [1.807, 2.05) is 6.07 Å². The van der Waals surface area contributed by atoms with Gasteiger partial charge >= 0.3 is 0 Å². The number of benzene rings is 1. The number of hydrogen-bond acceptors (Lipinski definition) is 2. The maximum absolute atomic E-state index is 13.7. The Labute approximate surface area is 133 Å². The highest BCUT2D eigenvalue weighted by Crippen LogP contribution is 2.40. The van der Waals surface area contributed by atoms with Crippen molar-refractivity contribution >= 4 is 12.4 Å². The largest absolute Gasteiger partial charge is 0.314 e. The van der Waals surface area contributed by atoms with Crippen molar-refractivity contribution in [2.75, 3.05) is 26.2 Å². The zero-order valence-corrected chi connectivity index (χ0v) is 13.6.